The van der Waals surface area contributed by atoms with Gasteiger partial charge in [0.1, 0.15) is 6.04 Å². The highest BCUT2D eigenvalue weighted by atomic mass is 16.5. The molecule has 80 valence electrons. The zero-order chi connectivity index (χ0) is 10.8. The molecule has 5 nitrogen and oxygen atoms in total. The summed E-state index contributed by atoms with van der Waals surface area (Å²) < 4.78 is 5.20. The Morgan fingerprint density at radius 3 is 3.13 bits per heavy atom. The molecule has 0 bridgehead atoms. The van der Waals surface area contributed by atoms with E-state index in [1.54, 1.807) is 7.11 Å². The van der Waals surface area contributed by atoms with Crippen LogP contribution in [0.3, 0.4) is 0 Å². The smallest absolute Gasteiger partial charge is 0.293 e. The molecule has 0 aromatic heterocycles. The van der Waals surface area contributed by atoms with Crippen LogP contribution in [-0.2, 0) is 4.74 Å². The monoisotopic (exact) mass is 206 g/mol. The molecule has 0 amide bonds. The van der Waals surface area contributed by atoms with E-state index in [-0.39, 0.29) is 6.04 Å². The third-order valence-corrected chi connectivity index (χ3v) is 2.55. The highest BCUT2D eigenvalue weighted by Gasteiger charge is 2.36. The van der Waals surface area contributed by atoms with E-state index in [9.17, 15) is 0 Å². The molecule has 15 heavy (non-hydrogen) atoms. The zero-order valence-electron chi connectivity index (χ0n) is 8.97. The van der Waals surface area contributed by atoms with Gasteiger partial charge >= 0.3 is 0 Å². The Morgan fingerprint density at radius 1 is 1.73 bits per heavy atom. The van der Waals surface area contributed by atoms with Crippen molar-refractivity contribution < 1.29 is 4.74 Å². The molecule has 0 saturated carbocycles. The van der Waals surface area contributed by atoms with Crippen LogP contribution in [-0.4, -0.2) is 48.7 Å². The molecule has 0 aliphatic carbocycles. The summed E-state index contributed by atoms with van der Waals surface area (Å²) in [6.07, 6.45) is 2.05. The van der Waals surface area contributed by atoms with Crippen molar-refractivity contribution in [1.82, 2.24) is 9.80 Å². The van der Waals surface area contributed by atoms with Crippen LogP contribution in [0.5, 0.6) is 0 Å². The van der Waals surface area contributed by atoms with Crippen LogP contribution in [0, 0.1) is 11.3 Å². The molecule has 0 spiro atoms. The van der Waals surface area contributed by atoms with Crippen molar-refractivity contribution in [2.45, 2.75) is 13.0 Å². The molecular formula is C10H14N4O. The molecule has 1 fully saturated rings. The molecular weight excluding hydrogens is 192 g/mol. The summed E-state index contributed by atoms with van der Waals surface area (Å²) in [6.45, 7) is 4.32. The maximum Gasteiger partial charge on any atom is 0.293 e. The molecule has 2 rings (SSSR count). The topological polar surface area (TPSA) is 51.6 Å². The number of hydrogen-bond donors (Lipinski definition) is 0. The van der Waals surface area contributed by atoms with Gasteiger partial charge in [0.15, 0.2) is 0 Å². The molecule has 0 aromatic carbocycles. The van der Waals surface area contributed by atoms with Crippen LogP contribution >= 0.6 is 0 Å². The van der Waals surface area contributed by atoms with Crippen LogP contribution in [0.25, 0.3) is 0 Å². The van der Waals surface area contributed by atoms with Crippen LogP contribution in [0.1, 0.15) is 6.92 Å². The Hall–Kier alpha value is -1.54. The first-order valence-corrected chi connectivity index (χ1v) is 4.92. The first kappa shape index (κ1) is 9.99. The zero-order valence-corrected chi connectivity index (χ0v) is 8.97. The molecule has 0 radical (unpaired) electrons. The molecule has 2 atom stereocenters. The number of nitriles is 1. The lowest BCUT2D eigenvalue weighted by atomic mass is 10.4. The fraction of sp³-hybridized carbons (Fsp3) is 0.600. The molecule has 1 saturated heterocycles. The minimum atomic E-state index is 0.0788. The average molecular weight is 206 g/mol. The molecule has 0 N–H and O–H groups in total. The second kappa shape index (κ2) is 3.91. The lowest BCUT2D eigenvalue weighted by molar-refractivity contribution is 0.247. The van der Waals surface area contributed by atoms with Crippen LogP contribution in [0.15, 0.2) is 16.8 Å². The van der Waals surface area contributed by atoms with E-state index in [4.69, 9.17) is 10.00 Å². The largest absolute Gasteiger partial charge is 0.468 e. The minimum Gasteiger partial charge on any atom is -0.468 e. The van der Waals surface area contributed by atoms with Crippen molar-refractivity contribution in [3.8, 4) is 6.07 Å². The Bertz CT molecular complexity index is 355. The van der Waals surface area contributed by atoms with Gasteiger partial charge in [-0.3, -0.25) is 4.90 Å². The molecule has 0 aromatic rings. The molecule has 2 aliphatic heterocycles. The van der Waals surface area contributed by atoms with Crippen LogP contribution in [0.2, 0.25) is 0 Å². The van der Waals surface area contributed by atoms with Crippen molar-refractivity contribution in [2.24, 2.45) is 4.99 Å². The number of allylic oxidation sites excluding steroid dienone is 1. The van der Waals surface area contributed by atoms with E-state index in [1.165, 1.54) is 0 Å². The first-order chi connectivity index (χ1) is 7.24. The summed E-state index contributed by atoms with van der Waals surface area (Å²) in [5, 5.41) is 8.69. The number of nitrogens with zero attached hydrogens (tertiary/aromatic N) is 4. The second-order valence-corrected chi connectivity index (χ2v) is 3.72. The predicted octanol–water partition coefficient (Wildman–Crippen LogP) is 0.373. The standard InChI is InChI=1S/C10H14N4O/c1-8-3-4-13(10(12-8)15-2)7-14-6-9(14)5-11/h3,9H,4,6-7H2,1-2H3. The van der Waals surface area contributed by atoms with E-state index < -0.39 is 0 Å². The maximum atomic E-state index is 8.69. The van der Waals surface area contributed by atoms with E-state index in [0.717, 1.165) is 18.8 Å². The van der Waals surface area contributed by atoms with Gasteiger partial charge in [-0.15, -0.1) is 0 Å². The van der Waals surface area contributed by atoms with Gasteiger partial charge in [-0.05, 0) is 13.0 Å². The minimum absolute atomic E-state index is 0.0788. The highest BCUT2D eigenvalue weighted by Crippen LogP contribution is 2.18. The fourth-order valence-electron chi connectivity index (χ4n) is 1.55. The van der Waals surface area contributed by atoms with Crippen molar-refractivity contribution in [1.29, 1.82) is 5.26 Å². The summed E-state index contributed by atoms with van der Waals surface area (Å²) in [6, 6.07) is 2.94. The lowest BCUT2D eigenvalue weighted by Gasteiger charge is -2.26. The van der Waals surface area contributed by atoms with Crippen LogP contribution in [0.4, 0.5) is 0 Å². The van der Waals surface area contributed by atoms with E-state index in [0.29, 0.717) is 12.7 Å². The fourth-order valence-corrected chi connectivity index (χ4v) is 1.55. The van der Waals surface area contributed by atoms with Crippen molar-refractivity contribution >= 4 is 6.02 Å². The first-order valence-electron chi connectivity index (χ1n) is 4.92. The van der Waals surface area contributed by atoms with Gasteiger partial charge in [0.2, 0.25) is 0 Å². The van der Waals surface area contributed by atoms with Gasteiger partial charge in [0.05, 0.1) is 19.8 Å². The molecule has 2 heterocycles. The summed E-state index contributed by atoms with van der Waals surface area (Å²) >= 11 is 0. The van der Waals surface area contributed by atoms with Crippen molar-refractivity contribution in [3.63, 3.8) is 0 Å². The van der Waals surface area contributed by atoms with Gasteiger partial charge in [-0.25, -0.2) is 4.99 Å². The molecule has 5 heteroatoms. The van der Waals surface area contributed by atoms with Gasteiger partial charge in [-0.2, -0.15) is 5.26 Å². The van der Waals surface area contributed by atoms with E-state index in [1.807, 2.05) is 17.9 Å². The summed E-state index contributed by atoms with van der Waals surface area (Å²) in [5.41, 5.74) is 0.978. The van der Waals surface area contributed by atoms with Crippen molar-refractivity contribution in [2.75, 3.05) is 26.9 Å². The number of aliphatic imine (C=N–C) groups is 1. The van der Waals surface area contributed by atoms with Gasteiger partial charge in [-0.1, -0.05) is 0 Å². The third kappa shape index (κ3) is 2.10. The normalized spacial score (nSPS) is 29.0. The molecule has 2 aliphatic rings. The van der Waals surface area contributed by atoms with E-state index >= 15 is 0 Å². The Kier molecular flexibility index (Phi) is 2.60. The summed E-state index contributed by atoms with van der Waals surface area (Å²) in [7, 11) is 1.62. The number of hydrogen-bond acceptors (Lipinski definition) is 5. The van der Waals surface area contributed by atoms with Crippen molar-refractivity contribution in [3.05, 3.63) is 11.8 Å². The summed E-state index contributed by atoms with van der Waals surface area (Å²) in [5.74, 6) is 0. The summed E-state index contributed by atoms with van der Waals surface area (Å²) in [4.78, 5) is 8.38. The Labute approximate surface area is 89.2 Å². The quantitative estimate of drug-likeness (QED) is 0.613. The number of amidine groups is 1. The average Bonchev–Trinajstić information content (AvgIpc) is 2.99. The number of methoxy groups -OCH3 is 1. The SMILES string of the molecule is COC1=NC(C)=CCN1CN1CC1C#N. The Morgan fingerprint density at radius 2 is 2.53 bits per heavy atom. The molecule has 2 unspecified atom stereocenters. The van der Waals surface area contributed by atoms with Crippen LogP contribution < -0.4 is 0 Å². The maximum absolute atomic E-state index is 8.69. The third-order valence-electron chi connectivity index (χ3n) is 2.55. The number of ether oxygens (including phenoxy) is 1. The van der Waals surface area contributed by atoms with E-state index in [2.05, 4.69) is 16.0 Å². The lowest BCUT2D eigenvalue weighted by Crippen LogP contribution is -2.38. The van der Waals surface area contributed by atoms with Gasteiger partial charge < -0.3 is 9.64 Å². The van der Waals surface area contributed by atoms with Gasteiger partial charge in [0.25, 0.3) is 6.02 Å². The van der Waals surface area contributed by atoms with Gasteiger partial charge in [0, 0.05) is 18.8 Å². The predicted molar refractivity (Wildman–Crippen MR) is 55.9 cm³/mol. The second-order valence-electron chi connectivity index (χ2n) is 3.72. The highest BCUT2D eigenvalue weighted by molar-refractivity contribution is 5.76. The number of rotatable bonds is 2. The Balaban J connectivity index is 1.94.